The molecule has 4 aromatic rings. The predicted octanol–water partition coefficient (Wildman–Crippen LogP) is 6.71. The van der Waals surface area contributed by atoms with Crippen molar-refractivity contribution in [2.24, 2.45) is 0 Å². The maximum atomic E-state index is 12.4. The number of aromatic nitrogens is 2. The average Bonchev–Trinajstić information content (AvgIpc) is 2.85. The molecule has 8 nitrogen and oxygen atoms in total. The van der Waals surface area contributed by atoms with Gasteiger partial charge in [0.05, 0.1) is 35.8 Å². The Morgan fingerprint density at radius 2 is 1.69 bits per heavy atom. The van der Waals surface area contributed by atoms with Crippen LogP contribution >= 0.6 is 11.6 Å². The summed E-state index contributed by atoms with van der Waals surface area (Å²) in [5.41, 5.74) is 3.04. The van der Waals surface area contributed by atoms with Crippen molar-refractivity contribution in [2.45, 2.75) is 20.0 Å². The molecular weight excluding hydrogens is 470 g/mol. The number of anilines is 1. The van der Waals surface area contributed by atoms with Crippen molar-refractivity contribution >= 4 is 34.3 Å². The van der Waals surface area contributed by atoms with E-state index in [0.29, 0.717) is 39.7 Å². The molecule has 3 aromatic carbocycles. The standard InChI is InChI=1S/C26H24ClN3O5/c1-15-5-7-17(8-6-15)16(2)34-26(31)30-21-10-9-18(11-20(21)27)35-25-19-12-23(32-3)24(33-4)13-22(19)28-14-29-25/h5-14,16H,1-4H3,(H,30,31). The van der Waals surface area contributed by atoms with Crippen LogP contribution in [0.2, 0.25) is 5.02 Å². The number of rotatable bonds is 7. The second kappa shape index (κ2) is 10.5. The molecule has 1 unspecified atom stereocenters. The number of fused-ring (bicyclic) bond motifs is 1. The molecule has 0 aliphatic rings. The summed E-state index contributed by atoms with van der Waals surface area (Å²) in [6.07, 6.45) is 0.363. The zero-order valence-corrected chi connectivity index (χ0v) is 20.4. The Bertz CT molecular complexity index is 1360. The van der Waals surface area contributed by atoms with E-state index in [-0.39, 0.29) is 5.02 Å². The second-order valence-electron chi connectivity index (χ2n) is 7.73. The summed E-state index contributed by atoms with van der Waals surface area (Å²) >= 11 is 6.40. The lowest BCUT2D eigenvalue weighted by molar-refractivity contribution is 0.121. The third-order valence-corrected chi connectivity index (χ3v) is 5.64. The van der Waals surface area contributed by atoms with Crippen molar-refractivity contribution in [1.82, 2.24) is 9.97 Å². The minimum absolute atomic E-state index is 0.278. The SMILES string of the molecule is COc1cc2ncnc(Oc3ccc(NC(=O)OC(C)c4ccc(C)cc4)c(Cl)c3)c2cc1OC. The fourth-order valence-electron chi connectivity index (χ4n) is 3.42. The summed E-state index contributed by atoms with van der Waals surface area (Å²) in [7, 11) is 3.10. The van der Waals surface area contributed by atoms with E-state index in [2.05, 4.69) is 15.3 Å². The van der Waals surface area contributed by atoms with Gasteiger partial charge in [-0.15, -0.1) is 0 Å². The molecule has 1 N–H and O–H groups in total. The predicted molar refractivity (Wildman–Crippen MR) is 134 cm³/mol. The van der Waals surface area contributed by atoms with E-state index in [1.54, 1.807) is 51.5 Å². The normalized spacial score (nSPS) is 11.6. The molecular formula is C26H24ClN3O5. The first kappa shape index (κ1) is 24.1. The van der Waals surface area contributed by atoms with Crippen molar-refractivity contribution in [3.05, 3.63) is 77.1 Å². The Balaban J connectivity index is 1.48. The van der Waals surface area contributed by atoms with Gasteiger partial charge < -0.3 is 18.9 Å². The topological polar surface area (TPSA) is 91.8 Å². The molecule has 0 aliphatic heterocycles. The van der Waals surface area contributed by atoms with Crippen LogP contribution in [0.3, 0.4) is 0 Å². The molecule has 0 spiro atoms. The first-order valence-corrected chi connectivity index (χ1v) is 11.1. The lowest BCUT2D eigenvalue weighted by atomic mass is 10.1. The summed E-state index contributed by atoms with van der Waals surface area (Å²) in [5.74, 6) is 1.82. The molecule has 9 heteroatoms. The molecule has 4 rings (SSSR count). The van der Waals surface area contributed by atoms with Crippen molar-refractivity contribution in [3.8, 4) is 23.1 Å². The van der Waals surface area contributed by atoms with Gasteiger partial charge in [0, 0.05) is 12.1 Å². The van der Waals surface area contributed by atoms with Crippen LogP contribution in [0, 0.1) is 6.92 Å². The highest BCUT2D eigenvalue weighted by Crippen LogP contribution is 2.37. The maximum Gasteiger partial charge on any atom is 0.412 e. The molecule has 1 atom stereocenters. The van der Waals surface area contributed by atoms with Crippen LogP contribution in [-0.2, 0) is 4.74 Å². The van der Waals surface area contributed by atoms with Gasteiger partial charge in [-0.25, -0.2) is 14.8 Å². The molecule has 1 aromatic heterocycles. The first-order valence-electron chi connectivity index (χ1n) is 10.8. The molecule has 0 fully saturated rings. The number of halogens is 1. The minimum atomic E-state index is -0.614. The van der Waals surface area contributed by atoms with Gasteiger partial charge in [-0.3, -0.25) is 5.32 Å². The number of carbonyl (C=O) groups is 1. The molecule has 0 saturated heterocycles. The van der Waals surface area contributed by atoms with Gasteiger partial charge in [0.1, 0.15) is 18.2 Å². The van der Waals surface area contributed by atoms with Crippen molar-refractivity contribution in [1.29, 1.82) is 0 Å². The Morgan fingerprint density at radius 1 is 0.971 bits per heavy atom. The Morgan fingerprint density at radius 3 is 2.37 bits per heavy atom. The first-order chi connectivity index (χ1) is 16.9. The Kier molecular flexibility index (Phi) is 7.22. The molecule has 1 heterocycles. The smallest absolute Gasteiger partial charge is 0.412 e. The third-order valence-electron chi connectivity index (χ3n) is 5.33. The monoisotopic (exact) mass is 493 g/mol. The van der Waals surface area contributed by atoms with Gasteiger partial charge in [-0.1, -0.05) is 41.4 Å². The van der Waals surface area contributed by atoms with Gasteiger partial charge >= 0.3 is 6.09 Å². The van der Waals surface area contributed by atoms with Crippen LogP contribution in [0.1, 0.15) is 24.2 Å². The molecule has 0 bridgehead atoms. The largest absolute Gasteiger partial charge is 0.493 e. The fraction of sp³-hybridized carbons (Fsp3) is 0.192. The number of amides is 1. The number of methoxy groups -OCH3 is 2. The highest BCUT2D eigenvalue weighted by atomic mass is 35.5. The van der Waals surface area contributed by atoms with Crippen LogP contribution in [-0.4, -0.2) is 30.3 Å². The number of aryl methyl sites for hydroxylation is 1. The van der Waals surface area contributed by atoms with Crippen molar-refractivity contribution in [2.75, 3.05) is 19.5 Å². The van der Waals surface area contributed by atoms with E-state index in [1.807, 2.05) is 31.2 Å². The van der Waals surface area contributed by atoms with Gasteiger partial charge in [0.15, 0.2) is 11.5 Å². The van der Waals surface area contributed by atoms with E-state index < -0.39 is 12.2 Å². The number of nitrogens with one attached hydrogen (secondary N) is 1. The molecule has 0 saturated carbocycles. The summed E-state index contributed by atoms with van der Waals surface area (Å²) in [4.78, 5) is 20.9. The molecule has 0 aliphatic carbocycles. The van der Waals surface area contributed by atoms with Gasteiger partial charge in [-0.05, 0) is 37.6 Å². The van der Waals surface area contributed by atoms with Crippen molar-refractivity contribution < 1.29 is 23.7 Å². The van der Waals surface area contributed by atoms with E-state index in [9.17, 15) is 4.79 Å². The lowest BCUT2D eigenvalue weighted by Gasteiger charge is -2.15. The van der Waals surface area contributed by atoms with Crippen LogP contribution < -0.4 is 19.5 Å². The Hall–Kier alpha value is -4.04. The highest BCUT2D eigenvalue weighted by molar-refractivity contribution is 6.33. The van der Waals surface area contributed by atoms with E-state index >= 15 is 0 Å². The fourth-order valence-corrected chi connectivity index (χ4v) is 3.64. The van der Waals surface area contributed by atoms with Crippen LogP contribution in [0.4, 0.5) is 10.5 Å². The summed E-state index contributed by atoms with van der Waals surface area (Å²) < 4.78 is 22.1. The van der Waals surface area contributed by atoms with Crippen LogP contribution in [0.25, 0.3) is 10.9 Å². The number of nitrogens with zero attached hydrogens (tertiary/aromatic N) is 2. The number of benzene rings is 3. The quantitative estimate of drug-likeness (QED) is 0.306. The van der Waals surface area contributed by atoms with Crippen LogP contribution in [0.5, 0.6) is 23.1 Å². The number of ether oxygens (including phenoxy) is 4. The summed E-state index contributed by atoms with van der Waals surface area (Å²) in [5, 5.41) is 3.58. The summed E-state index contributed by atoms with van der Waals surface area (Å²) in [6, 6.07) is 16.1. The number of hydrogen-bond acceptors (Lipinski definition) is 7. The molecule has 0 radical (unpaired) electrons. The molecule has 35 heavy (non-hydrogen) atoms. The zero-order valence-electron chi connectivity index (χ0n) is 19.7. The third kappa shape index (κ3) is 5.55. The Labute approximate surface area is 207 Å². The van der Waals surface area contributed by atoms with Crippen molar-refractivity contribution in [3.63, 3.8) is 0 Å². The van der Waals surface area contributed by atoms with E-state index in [1.165, 1.54) is 6.33 Å². The second-order valence-corrected chi connectivity index (χ2v) is 8.14. The van der Waals surface area contributed by atoms with E-state index in [4.69, 9.17) is 30.5 Å². The maximum absolute atomic E-state index is 12.4. The van der Waals surface area contributed by atoms with Crippen LogP contribution in [0.15, 0.2) is 60.9 Å². The molecule has 1 amide bonds. The zero-order chi connectivity index (χ0) is 24.9. The highest BCUT2D eigenvalue weighted by Gasteiger charge is 2.15. The summed E-state index contributed by atoms with van der Waals surface area (Å²) in [6.45, 7) is 3.80. The minimum Gasteiger partial charge on any atom is -0.493 e. The average molecular weight is 494 g/mol. The number of carbonyl (C=O) groups excluding carboxylic acids is 1. The van der Waals surface area contributed by atoms with Gasteiger partial charge in [0.25, 0.3) is 0 Å². The van der Waals surface area contributed by atoms with E-state index in [0.717, 1.165) is 11.1 Å². The number of hydrogen-bond donors (Lipinski definition) is 1. The van der Waals surface area contributed by atoms with Gasteiger partial charge in [-0.2, -0.15) is 0 Å². The molecule has 180 valence electrons. The lowest BCUT2D eigenvalue weighted by Crippen LogP contribution is -2.16. The van der Waals surface area contributed by atoms with Gasteiger partial charge in [0.2, 0.25) is 5.88 Å².